The van der Waals surface area contributed by atoms with E-state index in [1.54, 1.807) is 0 Å². The third kappa shape index (κ3) is 4.34. The smallest absolute Gasteiger partial charge is 1.00 e. The molecule has 2 N–H and O–H groups in total. The van der Waals surface area contributed by atoms with E-state index in [1.807, 2.05) is 30.5 Å². The van der Waals surface area contributed by atoms with Gasteiger partial charge in [-0.3, -0.25) is 4.98 Å². The monoisotopic (exact) mass is 239 g/mol. The van der Waals surface area contributed by atoms with E-state index in [4.69, 9.17) is 5.73 Å². The maximum absolute atomic E-state index is 5.06. The molecule has 3 rings (SSSR count). The molecule has 0 saturated heterocycles. The normalized spacial score (nSPS) is 12.8. The number of benzene rings is 1. The van der Waals surface area contributed by atoms with Crippen molar-refractivity contribution in [2.45, 2.75) is 0 Å². The van der Waals surface area contributed by atoms with Crippen LogP contribution < -0.4 is 35.3 Å². The van der Waals surface area contributed by atoms with Gasteiger partial charge in [0.1, 0.15) is 6.61 Å². The van der Waals surface area contributed by atoms with Gasteiger partial charge in [-0.25, -0.2) is 4.99 Å². The van der Waals surface area contributed by atoms with Crippen molar-refractivity contribution in [2.75, 3.05) is 13.2 Å². The molecule has 17 heavy (non-hydrogen) atoms. The van der Waals surface area contributed by atoms with E-state index in [0.29, 0.717) is 12.6 Å². The molecule has 4 nitrogen and oxygen atoms in total. The summed E-state index contributed by atoms with van der Waals surface area (Å²) in [6.07, 6.45) is 1.81. The van der Waals surface area contributed by atoms with Crippen LogP contribution in [-0.4, -0.2) is 24.2 Å². The number of ether oxygens (including phenoxy) is 1. The second kappa shape index (κ2) is 7.27. The molecule has 0 saturated carbocycles. The molecule has 1 aromatic heterocycles. The third-order valence-corrected chi connectivity index (χ3v) is 2.12. The Labute approximate surface area is 124 Å². The maximum Gasteiger partial charge on any atom is 1.00 e. The second-order valence-corrected chi connectivity index (χ2v) is 3.26. The van der Waals surface area contributed by atoms with Crippen LogP contribution in [0, 0.1) is 0 Å². The zero-order chi connectivity index (χ0) is 11.2. The molecule has 2 heterocycles. The molecule has 0 unspecified atom stereocenters. The van der Waals surface area contributed by atoms with Crippen LogP contribution in [0.25, 0.3) is 10.9 Å². The molecule has 2 aromatic rings. The van der Waals surface area contributed by atoms with Crippen molar-refractivity contribution in [3.8, 4) is 0 Å². The van der Waals surface area contributed by atoms with E-state index in [0.717, 1.165) is 12.1 Å². The number of rotatable bonds is 0. The number of pyridine rings is 1. The number of nitrogens with two attached hydrogens (primary N) is 1. The molecule has 1 aliphatic heterocycles. The topological polar surface area (TPSA) is 60.5 Å². The summed E-state index contributed by atoms with van der Waals surface area (Å²) in [5.74, 6) is 0. The number of hydrogen-bond donors (Lipinski definition) is 1. The fourth-order valence-electron chi connectivity index (χ4n) is 1.37. The Morgan fingerprint density at radius 1 is 1.18 bits per heavy atom. The molecule has 0 spiro atoms. The summed E-state index contributed by atoms with van der Waals surface area (Å²) >= 11 is 0. The van der Waals surface area contributed by atoms with Gasteiger partial charge in [0.25, 0.3) is 6.02 Å². The summed E-state index contributed by atoms with van der Waals surface area (Å²) in [7, 11) is 0. The second-order valence-electron chi connectivity index (χ2n) is 3.26. The Bertz CT molecular complexity index is 442. The zero-order valence-corrected chi connectivity index (χ0v) is 11.8. The molecule has 5 heteroatoms. The molecule has 0 aliphatic carbocycles. The van der Waals surface area contributed by atoms with Crippen molar-refractivity contribution in [1.82, 2.24) is 4.98 Å². The average Bonchev–Trinajstić information content (AvgIpc) is 2.81. The predicted octanol–water partition coefficient (Wildman–Crippen LogP) is -1.32. The van der Waals surface area contributed by atoms with Crippen molar-refractivity contribution in [3.05, 3.63) is 42.6 Å². The summed E-state index contributed by atoms with van der Waals surface area (Å²) in [5.41, 5.74) is 6.12. The number of aromatic nitrogens is 1. The first-order valence-electron chi connectivity index (χ1n) is 5.09. The van der Waals surface area contributed by atoms with Crippen LogP contribution in [0.15, 0.2) is 47.6 Å². The average molecular weight is 239 g/mol. The molecule has 0 bridgehead atoms. The predicted molar refractivity (Wildman–Crippen MR) is 65.3 cm³/mol. The summed E-state index contributed by atoms with van der Waals surface area (Å²) in [5, 5.41) is 1.20. The van der Waals surface area contributed by atoms with Gasteiger partial charge in [-0.15, -0.1) is 0 Å². The van der Waals surface area contributed by atoms with E-state index in [9.17, 15) is 0 Å². The Hall–Kier alpha value is -1.10. The SMILES string of the molecule is NC1=NCCO1.[H-].[Na+].c1ccc2ncccc2c1. The Balaban J connectivity index is 0.000000319. The number of fused-ring (bicyclic) bond motifs is 1. The number of aliphatic imine (C=N–C) groups is 1. The Kier molecular flexibility index (Phi) is 5.97. The minimum absolute atomic E-state index is 0. The van der Waals surface area contributed by atoms with E-state index in [-0.39, 0.29) is 31.0 Å². The van der Waals surface area contributed by atoms with Crippen LogP contribution >= 0.6 is 0 Å². The molecule has 1 aliphatic rings. The van der Waals surface area contributed by atoms with Crippen molar-refractivity contribution < 1.29 is 35.7 Å². The minimum Gasteiger partial charge on any atom is -1.00 e. The third-order valence-electron chi connectivity index (χ3n) is 2.12. The van der Waals surface area contributed by atoms with Crippen LogP contribution in [0.3, 0.4) is 0 Å². The van der Waals surface area contributed by atoms with E-state index in [2.05, 4.69) is 26.8 Å². The standard InChI is InChI=1S/C9H7N.C3H6N2O.Na.H/c1-2-6-9-8(4-1)5-3-7-10-9;4-3-5-1-2-6-3;;/h1-7H;1-2H2,(H2,4,5);;/q;;+1;-1. The molecule has 0 atom stereocenters. The quantitative estimate of drug-likeness (QED) is 0.580. The Morgan fingerprint density at radius 3 is 2.53 bits per heavy atom. The first-order valence-corrected chi connectivity index (χ1v) is 5.09. The van der Waals surface area contributed by atoms with Gasteiger partial charge in [0.05, 0.1) is 12.1 Å². The van der Waals surface area contributed by atoms with Gasteiger partial charge in [-0.05, 0) is 12.1 Å². The summed E-state index contributed by atoms with van der Waals surface area (Å²) < 4.78 is 4.68. The van der Waals surface area contributed by atoms with Gasteiger partial charge >= 0.3 is 29.6 Å². The fourth-order valence-corrected chi connectivity index (χ4v) is 1.37. The summed E-state index contributed by atoms with van der Waals surface area (Å²) in [6, 6.07) is 12.4. The number of para-hydroxylation sites is 1. The largest absolute Gasteiger partial charge is 1.00 e. The van der Waals surface area contributed by atoms with Crippen molar-refractivity contribution in [1.29, 1.82) is 0 Å². The van der Waals surface area contributed by atoms with Crippen molar-refractivity contribution >= 4 is 16.9 Å². The van der Waals surface area contributed by atoms with E-state index < -0.39 is 0 Å². The molecular formula is C12H14N3NaO. The zero-order valence-electron chi connectivity index (χ0n) is 10.8. The van der Waals surface area contributed by atoms with Crippen molar-refractivity contribution in [3.63, 3.8) is 0 Å². The summed E-state index contributed by atoms with van der Waals surface area (Å²) in [6.45, 7) is 1.39. The molecule has 1 aromatic carbocycles. The maximum atomic E-state index is 5.06. The minimum atomic E-state index is 0. The van der Waals surface area contributed by atoms with Crippen molar-refractivity contribution in [2.24, 2.45) is 10.7 Å². The molecule has 0 radical (unpaired) electrons. The Morgan fingerprint density at radius 2 is 1.94 bits per heavy atom. The van der Waals surface area contributed by atoms with Gasteiger partial charge in [0.15, 0.2) is 0 Å². The molecule has 0 amide bonds. The van der Waals surface area contributed by atoms with Gasteiger partial charge in [0, 0.05) is 11.6 Å². The van der Waals surface area contributed by atoms with E-state index in [1.165, 1.54) is 5.39 Å². The van der Waals surface area contributed by atoms with Crippen LogP contribution in [0.4, 0.5) is 0 Å². The van der Waals surface area contributed by atoms with Crippen LogP contribution in [0.2, 0.25) is 0 Å². The number of hydrogen-bond acceptors (Lipinski definition) is 4. The summed E-state index contributed by atoms with van der Waals surface area (Å²) in [4.78, 5) is 7.89. The van der Waals surface area contributed by atoms with Gasteiger partial charge in [0.2, 0.25) is 0 Å². The molecular weight excluding hydrogens is 225 g/mol. The molecule has 0 fully saturated rings. The number of amidine groups is 1. The van der Waals surface area contributed by atoms with E-state index >= 15 is 0 Å². The van der Waals surface area contributed by atoms with Crippen LogP contribution in [0.1, 0.15) is 1.43 Å². The fraction of sp³-hybridized carbons (Fsp3) is 0.167. The van der Waals surface area contributed by atoms with Crippen LogP contribution in [-0.2, 0) is 4.74 Å². The molecule has 84 valence electrons. The van der Waals surface area contributed by atoms with Gasteiger partial charge in [-0.2, -0.15) is 0 Å². The van der Waals surface area contributed by atoms with Gasteiger partial charge < -0.3 is 11.9 Å². The number of nitrogens with zero attached hydrogens (tertiary/aromatic N) is 2. The van der Waals surface area contributed by atoms with Crippen LogP contribution in [0.5, 0.6) is 0 Å². The first-order chi connectivity index (χ1) is 7.86. The van der Waals surface area contributed by atoms with Gasteiger partial charge in [-0.1, -0.05) is 24.3 Å². The first kappa shape index (κ1) is 14.0.